The second-order valence-electron chi connectivity index (χ2n) is 8.83. The minimum Gasteiger partial charge on any atom is -0.477 e. The number of nitrogens with one attached hydrogen (secondary N) is 2. The highest BCUT2D eigenvalue weighted by atomic mass is 32.2. The van der Waals surface area contributed by atoms with E-state index in [1.807, 2.05) is 11.8 Å². The standard InChI is InChI=1S/C19H27N5O4S/c1-9-14(13(16(25)26)24-15(9)19(8-28-19)17(24)27)29-12-6-11(7-12)22-10-2-4-23(5-3-10)18(20)21/h9-12,15,22H,2-8H2,1H3,(H3,20,21)(H,25,26). The van der Waals surface area contributed by atoms with Crippen LogP contribution in [0.2, 0.25) is 0 Å². The first kappa shape index (κ1) is 19.2. The molecule has 5 rings (SSSR count). The van der Waals surface area contributed by atoms with Gasteiger partial charge in [0.1, 0.15) is 5.70 Å². The number of carbonyl (C=O) groups excluding carboxylic acids is 1. The summed E-state index contributed by atoms with van der Waals surface area (Å²) in [5.41, 5.74) is 4.99. The number of β-lactam (4-membered cyclic amide) rings is 1. The lowest BCUT2D eigenvalue weighted by atomic mass is 9.82. The Balaban J connectivity index is 1.16. The molecule has 10 heteroatoms. The van der Waals surface area contributed by atoms with Gasteiger partial charge >= 0.3 is 5.97 Å². The molecule has 4 fully saturated rings. The maximum absolute atomic E-state index is 12.4. The third-order valence-corrected chi connectivity index (χ3v) is 8.59. The van der Waals surface area contributed by atoms with Gasteiger partial charge in [0.25, 0.3) is 5.91 Å². The van der Waals surface area contributed by atoms with E-state index in [1.165, 1.54) is 4.90 Å². The van der Waals surface area contributed by atoms with Gasteiger partial charge in [0.15, 0.2) is 11.6 Å². The van der Waals surface area contributed by atoms with Crippen molar-refractivity contribution in [3.05, 3.63) is 10.6 Å². The van der Waals surface area contributed by atoms with Gasteiger partial charge in [-0.1, -0.05) is 6.92 Å². The van der Waals surface area contributed by atoms with E-state index < -0.39 is 11.6 Å². The number of fused-ring (bicyclic) bond motifs is 2. The largest absolute Gasteiger partial charge is 0.477 e. The molecular weight excluding hydrogens is 394 g/mol. The molecule has 5 aliphatic rings. The number of piperidine rings is 1. The molecule has 1 spiro atoms. The maximum Gasteiger partial charge on any atom is 0.353 e. The van der Waals surface area contributed by atoms with Crippen LogP contribution in [-0.2, 0) is 14.3 Å². The summed E-state index contributed by atoms with van der Waals surface area (Å²) >= 11 is 1.64. The molecule has 3 unspecified atom stereocenters. The van der Waals surface area contributed by atoms with Crippen LogP contribution in [0.3, 0.4) is 0 Å². The van der Waals surface area contributed by atoms with Crippen LogP contribution in [0, 0.1) is 11.3 Å². The number of amides is 1. The highest BCUT2D eigenvalue weighted by Gasteiger charge is 2.76. The number of carboxylic acids is 1. The van der Waals surface area contributed by atoms with E-state index in [0.29, 0.717) is 23.9 Å². The second kappa shape index (κ2) is 6.61. The van der Waals surface area contributed by atoms with E-state index >= 15 is 0 Å². The molecule has 9 nitrogen and oxygen atoms in total. The molecule has 1 amide bonds. The Hall–Kier alpha value is -1.78. The van der Waals surface area contributed by atoms with Crippen molar-refractivity contribution in [2.24, 2.45) is 11.7 Å². The van der Waals surface area contributed by atoms with Crippen LogP contribution in [0.25, 0.3) is 0 Å². The number of likely N-dealkylation sites (tertiary alicyclic amines) is 1. The summed E-state index contributed by atoms with van der Waals surface area (Å²) in [6, 6.07) is 0.750. The molecule has 158 valence electrons. The third-order valence-electron chi connectivity index (χ3n) is 7.05. The number of hydrogen-bond acceptors (Lipinski definition) is 6. The Bertz CT molecular complexity index is 798. The lowest BCUT2D eigenvalue weighted by molar-refractivity contribution is -0.158. The molecule has 29 heavy (non-hydrogen) atoms. The highest BCUT2D eigenvalue weighted by molar-refractivity contribution is 8.03. The predicted molar refractivity (Wildman–Crippen MR) is 107 cm³/mol. The highest BCUT2D eigenvalue weighted by Crippen LogP contribution is 2.58. The number of hydrogen-bond donors (Lipinski definition) is 4. The number of guanidine groups is 1. The van der Waals surface area contributed by atoms with Crippen molar-refractivity contribution in [1.29, 1.82) is 5.41 Å². The zero-order valence-corrected chi connectivity index (χ0v) is 17.2. The molecule has 0 radical (unpaired) electrons. The predicted octanol–water partition coefficient (Wildman–Crippen LogP) is 0.124. The topological polar surface area (TPSA) is 135 Å². The summed E-state index contributed by atoms with van der Waals surface area (Å²) in [7, 11) is 0. The van der Waals surface area contributed by atoms with Gasteiger partial charge in [-0.15, -0.1) is 11.8 Å². The van der Waals surface area contributed by atoms with Gasteiger partial charge in [-0.2, -0.15) is 0 Å². The van der Waals surface area contributed by atoms with Gasteiger partial charge in [0, 0.05) is 41.2 Å². The van der Waals surface area contributed by atoms with Crippen LogP contribution >= 0.6 is 11.8 Å². The van der Waals surface area contributed by atoms with Crippen molar-refractivity contribution < 1.29 is 19.4 Å². The van der Waals surface area contributed by atoms with Crippen LogP contribution < -0.4 is 11.1 Å². The van der Waals surface area contributed by atoms with Crippen molar-refractivity contribution in [2.75, 3.05) is 19.7 Å². The van der Waals surface area contributed by atoms with E-state index in [0.717, 1.165) is 43.7 Å². The fraction of sp³-hybridized carbons (Fsp3) is 0.737. The molecule has 3 atom stereocenters. The number of nitrogens with two attached hydrogens (primary N) is 1. The maximum atomic E-state index is 12.4. The van der Waals surface area contributed by atoms with E-state index in [1.54, 1.807) is 11.8 Å². The van der Waals surface area contributed by atoms with Crippen molar-refractivity contribution in [3.8, 4) is 0 Å². The molecule has 4 heterocycles. The monoisotopic (exact) mass is 421 g/mol. The quantitative estimate of drug-likeness (QED) is 0.213. The minimum atomic E-state index is -1.02. The van der Waals surface area contributed by atoms with Crippen LogP contribution in [0.15, 0.2) is 10.6 Å². The number of thioether (sulfide) groups is 1. The summed E-state index contributed by atoms with van der Waals surface area (Å²) in [4.78, 5) is 28.5. The summed E-state index contributed by atoms with van der Waals surface area (Å²) < 4.78 is 5.42. The van der Waals surface area contributed by atoms with E-state index in [9.17, 15) is 14.7 Å². The van der Waals surface area contributed by atoms with Gasteiger partial charge in [-0.25, -0.2) is 4.79 Å². The Morgan fingerprint density at radius 1 is 1.34 bits per heavy atom. The summed E-state index contributed by atoms with van der Waals surface area (Å²) in [6.07, 6.45) is 3.97. The van der Waals surface area contributed by atoms with Crippen molar-refractivity contribution in [3.63, 3.8) is 0 Å². The Morgan fingerprint density at radius 2 is 2.00 bits per heavy atom. The number of ether oxygens (including phenoxy) is 1. The molecule has 0 bridgehead atoms. The van der Waals surface area contributed by atoms with Crippen LogP contribution in [0.4, 0.5) is 0 Å². The molecule has 0 aromatic carbocycles. The molecule has 4 aliphatic heterocycles. The van der Waals surface area contributed by atoms with Gasteiger partial charge in [-0.3, -0.25) is 15.1 Å². The number of rotatable bonds is 5. The van der Waals surface area contributed by atoms with Crippen LogP contribution in [0.5, 0.6) is 0 Å². The van der Waals surface area contributed by atoms with E-state index in [2.05, 4.69) is 5.32 Å². The first-order valence-electron chi connectivity index (χ1n) is 10.3. The zero-order valence-electron chi connectivity index (χ0n) is 16.4. The number of carbonyl (C=O) groups is 2. The van der Waals surface area contributed by atoms with Gasteiger partial charge < -0.3 is 25.8 Å². The Morgan fingerprint density at radius 3 is 2.55 bits per heavy atom. The second-order valence-corrected chi connectivity index (χ2v) is 10.2. The zero-order chi connectivity index (χ0) is 20.5. The smallest absolute Gasteiger partial charge is 0.353 e. The third kappa shape index (κ3) is 2.87. The van der Waals surface area contributed by atoms with Gasteiger partial charge in [0.2, 0.25) is 0 Å². The fourth-order valence-corrected chi connectivity index (χ4v) is 6.94. The van der Waals surface area contributed by atoms with Crippen molar-refractivity contribution in [2.45, 2.75) is 61.6 Å². The first-order valence-corrected chi connectivity index (χ1v) is 11.2. The summed E-state index contributed by atoms with van der Waals surface area (Å²) in [6.45, 7) is 4.07. The Labute approximate surface area is 173 Å². The molecule has 1 aliphatic carbocycles. The fourth-order valence-electron chi connectivity index (χ4n) is 5.29. The number of carboxylic acid groups (broad SMARTS) is 1. The minimum absolute atomic E-state index is 0.00853. The lowest BCUT2D eigenvalue weighted by Gasteiger charge is -2.43. The van der Waals surface area contributed by atoms with Crippen LogP contribution in [-0.4, -0.2) is 81.4 Å². The summed E-state index contributed by atoms with van der Waals surface area (Å²) in [5.74, 6) is -1.04. The van der Waals surface area contributed by atoms with Crippen molar-refractivity contribution in [1.82, 2.24) is 15.1 Å². The first-order chi connectivity index (χ1) is 13.8. The molecule has 5 N–H and O–H groups in total. The molecule has 1 saturated carbocycles. The Kier molecular flexibility index (Phi) is 4.38. The number of epoxide rings is 1. The summed E-state index contributed by atoms with van der Waals surface area (Å²) in [5, 5.41) is 21.3. The normalized spacial score (nSPS) is 38.7. The molecule has 3 saturated heterocycles. The number of aliphatic carboxylic acids is 1. The molecule has 0 aromatic heterocycles. The van der Waals surface area contributed by atoms with E-state index in [4.69, 9.17) is 15.9 Å². The molecule has 0 aromatic rings. The average molecular weight is 422 g/mol. The van der Waals surface area contributed by atoms with Crippen molar-refractivity contribution >= 4 is 29.6 Å². The SMILES string of the molecule is CC1C(SC2CC(NC3CCN(C(=N)N)CC3)C2)=C(C(=O)O)N2C(=O)C3(CO3)C12. The lowest BCUT2D eigenvalue weighted by Crippen LogP contribution is -2.67. The van der Waals surface area contributed by atoms with E-state index in [-0.39, 0.29) is 29.5 Å². The van der Waals surface area contributed by atoms with Crippen LogP contribution in [0.1, 0.15) is 32.6 Å². The van der Waals surface area contributed by atoms with Gasteiger partial charge in [-0.05, 0) is 25.7 Å². The average Bonchev–Trinajstić information content (AvgIpc) is 3.42. The van der Waals surface area contributed by atoms with Gasteiger partial charge in [0.05, 0.1) is 12.6 Å². The number of nitrogens with zero attached hydrogens (tertiary/aromatic N) is 2. The molecular formula is C19H27N5O4S.